The molecular weight excluding hydrogens is 520 g/mol. The summed E-state index contributed by atoms with van der Waals surface area (Å²) in [6, 6.07) is 3.44. The van der Waals surface area contributed by atoms with Gasteiger partial charge in [-0.05, 0) is 38.9 Å². The van der Waals surface area contributed by atoms with Crippen LogP contribution in [-0.4, -0.2) is 93.2 Å². The Kier molecular flexibility index (Phi) is 16.4. The van der Waals surface area contributed by atoms with Crippen molar-refractivity contribution in [3.05, 3.63) is 23.8 Å². The van der Waals surface area contributed by atoms with Gasteiger partial charge in [0.15, 0.2) is 5.78 Å². The molecule has 0 fully saturated rings. The maximum absolute atomic E-state index is 13.3. The van der Waals surface area contributed by atoms with E-state index in [0.717, 1.165) is 0 Å². The smallest absolute Gasteiger partial charge is 0.312 e. The number of rotatable bonds is 20. The normalized spacial score (nSPS) is 12.6. The van der Waals surface area contributed by atoms with Crippen molar-refractivity contribution in [2.75, 3.05) is 58.9 Å². The lowest BCUT2D eigenvalue weighted by atomic mass is 9.89. The van der Waals surface area contributed by atoms with Crippen LogP contribution in [0.5, 0.6) is 5.75 Å². The number of hydrogen-bond acceptors (Lipinski definition) is 9. The van der Waals surface area contributed by atoms with Gasteiger partial charge in [0, 0.05) is 42.7 Å². The molecule has 0 aliphatic rings. The Balaban J connectivity index is 3.02. The maximum Gasteiger partial charge on any atom is 0.312 e. The number of primary amides is 1. The van der Waals surface area contributed by atoms with Crippen LogP contribution in [0.4, 0.5) is 10.5 Å². The summed E-state index contributed by atoms with van der Waals surface area (Å²) in [4.78, 5) is 51.7. The van der Waals surface area contributed by atoms with Gasteiger partial charge in [0.1, 0.15) is 12.4 Å². The highest BCUT2D eigenvalue weighted by molar-refractivity contribution is 5.97. The third-order valence-electron chi connectivity index (χ3n) is 5.89. The molecule has 0 spiro atoms. The lowest BCUT2D eigenvalue weighted by Gasteiger charge is -2.24. The van der Waals surface area contributed by atoms with Crippen LogP contribution in [0.15, 0.2) is 18.2 Å². The second kappa shape index (κ2) is 18.9. The van der Waals surface area contributed by atoms with Crippen molar-refractivity contribution in [1.82, 2.24) is 15.5 Å². The van der Waals surface area contributed by atoms with Gasteiger partial charge in [-0.2, -0.15) is 0 Å². The van der Waals surface area contributed by atoms with Crippen molar-refractivity contribution in [3.63, 3.8) is 0 Å². The van der Waals surface area contributed by atoms with E-state index in [1.807, 2.05) is 13.8 Å². The fraction of sp³-hybridized carbons (Fsp3) is 0.630. The zero-order chi connectivity index (χ0) is 30.1. The molecule has 2 atom stereocenters. The molecular formula is C27H46N6O7. The summed E-state index contributed by atoms with van der Waals surface area (Å²) in [6.45, 7) is 5.11. The molecule has 0 saturated heterocycles. The minimum atomic E-state index is -0.753. The number of ether oxygens (including phenoxy) is 2. The SMILES string of the molecule is CC(C)[C@H](NC(=O)CN(C)C)C(=O)C[C@@H](CCCNC(N)=O)C(=O)Nc1ccc(CO)c(OCCOCCN)c1. The fourth-order valence-electron chi connectivity index (χ4n) is 3.92. The Morgan fingerprint density at radius 3 is 2.42 bits per heavy atom. The number of benzene rings is 1. The van der Waals surface area contributed by atoms with Crippen LogP contribution in [0.3, 0.4) is 0 Å². The second-order valence-electron chi connectivity index (χ2n) is 10.0. The number of Topliss-reactive ketones (excluding diaryl/α,β-unsaturated/α-hetero) is 1. The highest BCUT2D eigenvalue weighted by atomic mass is 16.5. The number of carbonyl (C=O) groups is 4. The molecule has 0 aliphatic heterocycles. The Labute approximate surface area is 236 Å². The zero-order valence-electron chi connectivity index (χ0n) is 24.0. The van der Waals surface area contributed by atoms with E-state index in [2.05, 4.69) is 16.0 Å². The van der Waals surface area contributed by atoms with Gasteiger partial charge >= 0.3 is 6.03 Å². The van der Waals surface area contributed by atoms with E-state index < -0.39 is 23.9 Å². The van der Waals surface area contributed by atoms with Crippen LogP contribution < -0.4 is 32.2 Å². The number of nitrogens with one attached hydrogen (secondary N) is 3. The molecule has 0 radical (unpaired) electrons. The monoisotopic (exact) mass is 566 g/mol. The number of anilines is 1. The lowest BCUT2D eigenvalue weighted by Crippen LogP contribution is -2.48. The minimum Gasteiger partial charge on any atom is -0.491 e. The van der Waals surface area contributed by atoms with Crippen LogP contribution in [0.2, 0.25) is 0 Å². The quantitative estimate of drug-likeness (QED) is 0.119. The topological polar surface area (TPSA) is 198 Å². The number of aliphatic hydroxyl groups is 1. The summed E-state index contributed by atoms with van der Waals surface area (Å²) in [6.07, 6.45) is 0.600. The molecule has 13 heteroatoms. The van der Waals surface area contributed by atoms with Crippen molar-refractivity contribution < 1.29 is 33.8 Å². The van der Waals surface area contributed by atoms with Gasteiger partial charge in [-0.1, -0.05) is 19.9 Å². The Morgan fingerprint density at radius 1 is 1.10 bits per heavy atom. The molecule has 1 aromatic rings. The predicted molar refractivity (Wildman–Crippen MR) is 152 cm³/mol. The molecule has 13 nitrogen and oxygen atoms in total. The van der Waals surface area contributed by atoms with Gasteiger partial charge in [-0.25, -0.2) is 4.79 Å². The molecule has 1 rings (SSSR count). The molecule has 0 bridgehead atoms. The zero-order valence-corrected chi connectivity index (χ0v) is 24.0. The van der Waals surface area contributed by atoms with Gasteiger partial charge in [-0.15, -0.1) is 0 Å². The Hall–Kier alpha value is -3.26. The van der Waals surface area contributed by atoms with Crippen LogP contribution in [0.25, 0.3) is 0 Å². The summed E-state index contributed by atoms with van der Waals surface area (Å²) < 4.78 is 11.0. The standard InChI is InChI=1S/C27H46N6O7/c1-18(2)25(32-24(36)16-33(3)4)22(35)14-19(6-5-10-30-27(29)38)26(37)31-21-8-7-20(17-34)23(15-21)40-13-12-39-11-9-28/h7-8,15,18-19,25,34H,5-6,9-14,16-17,28H2,1-4H3,(H,31,37)(H,32,36)(H3,29,30,38)/t19-,25+/m1/s1. The molecule has 8 N–H and O–H groups in total. The fourth-order valence-corrected chi connectivity index (χ4v) is 3.92. The number of urea groups is 1. The summed E-state index contributed by atoms with van der Waals surface area (Å²) in [7, 11) is 3.51. The molecule has 4 amide bonds. The van der Waals surface area contributed by atoms with E-state index in [4.69, 9.17) is 20.9 Å². The van der Waals surface area contributed by atoms with E-state index in [0.29, 0.717) is 49.6 Å². The molecule has 40 heavy (non-hydrogen) atoms. The number of likely N-dealkylation sites (N-methyl/N-ethyl adjacent to an activating group) is 1. The molecule has 0 saturated carbocycles. The first-order chi connectivity index (χ1) is 19.0. The summed E-state index contributed by atoms with van der Waals surface area (Å²) in [5.41, 5.74) is 11.5. The Morgan fingerprint density at radius 2 is 1.82 bits per heavy atom. The molecule has 0 unspecified atom stereocenters. The average Bonchev–Trinajstić information content (AvgIpc) is 2.88. The first kappa shape index (κ1) is 34.8. The van der Waals surface area contributed by atoms with Crippen molar-refractivity contribution in [1.29, 1.82) is 0 Å². The molecule has 0 heterocycles. The van der Waals surface area contributed by atoms with Gasteiger partial charge in [0.25, 0.3) is 0 Å². The van der Waals surface area contributed by atoms with Gasteiger partial charge in [-0.3, -0.25) is 14.4 Å². The number of nitrogens with two attached hydrogens (primary N) is 2. The van der Waals surface area contributed by atoms with Gasteiger partial charge in [0.05, 0.1) is 32.4 Å². The van der Waals surface area contributed by atoms with E-state index in [1.54, 1.807) is 37.2 Å². The molecule has 226 valence electrons. The Bertz CT molecular complexity index is 957. The van der Waals surface area contributed by atoms with E-state index in [-0.39, 0.29) is 50.3 Å². The molecule has 1 aromatic carbocycles. The summed E-state index contributed by atoms with van der Waals surface area (Å²) in [5, 5.41) is 17.8. The third-order valence-corrected chi connectivity index (χ3v) is 5.89. The number of hydrogen-bond donors (Lipinski definition) is 6. The number of aliphatic hydroxyl groups excluding tert-OH is 1. The van der Waals surface area contributed by atoms with E-state index in [9.17, 15) is 24.3 Å². The third kappa shape index (κ3) is 13.7. The predicted octanol–water partition coefficient (Wildman–Crippen LogP) is 0.198. The largest absolute Gasteiger partial charge is 0.491 e. The first-order valence-electron chi connectivity index (χ1n) is 13.4. The first-order valence-corrected chi connectivity index (χ1v) is 13.4. The average molecular weight is 567 g/mol. The van der Waals surface area contributed by atoms with Crippen LogP contribution in [0, 0.1) is 11.8 Å². The number of nitrogens with zero attached hydrogens (tertiary/aromatic N) is 1. The summed E-state index contributed by atoms with van der Waals surface area (Å²) >= 11 is 0. The minimum absolute atomic E-state index is 0.107. The van der Waals surface area contributed by atoms with Crippen LogP contribution >= 0.6 is 0 Å². The number of ketones is 1. The van der Waals surface area contributed by atoms with Crippen molar-refractivity contribution in [2.24, 2.45) is 23.3 Å². The highest BCUT2D eigenvalue weighted by Crippen LogP contribution is 2.25. The maximum atomic E-state index is 13.3. The number of amides is 4. The van der Waals surface area contributed by atoms with Crippen molar-refractivity contribution >= 4 is 29.3 Å². The summed E-state index contributed by atoms with van der Waals surface area (Å²) in [5.74, 6) is -1.48. The molecule has 0 aromatic heterocycles. The van der Waals surface area contributed by atoms with Gasteiger partial charge < -0.3 is 46.9 Å². The highest BCUT2D eigenvalue weighted by Gasteiger charge is 2.29. The van der Waals surface area contributed by atoms with E-state index in [1.165, 1.54) is 0 Å². The van der Waals surface area contributed by atoms with Crippen molar-refractivity contribution in [3.8, 4) is 5.75 Å². The van der Waals surface area contributed by atoms with E-state index >= 15 is 0 Å². The van der Waals surface area contributed by atoms with Crippen LogP contribution in [-0.2, 0) is 25.7 Å². The second-order valence-corrected chi connectivity index (χ2v) is 10.0. The van der Waals surface area contributed by atoms with Gasteiger partial charge in [0.2, 0.25) is 11.8 Å². The van der Waals surface area contributed by atoms with Crippen molar-refractivity contribution in [2.45, 2.75) is 45.8 Å². The molecule has 0 aliphatic carbocycles. The van der Waals surface area contributed by atoms with Crippen LogP contribution in [0.1, 0.15) is 38.7 Å². The number of carbonyl (C=O) groups excluding carboxylic acids is 4. The lowest BCUT2D eigenvalue weighted by molar-refractivity contribution is -0.131.